The first-order chi connectivity index (χ1) is 15.1. The van der Waals surface area contributed by atoms with Gasteiger partial charge in [-0.3, -0.25) is 0 Å². The van der Waals surface area contributed by atoms with Crippen LogP contribution in [0, 0.1) is 13.8 Å². The van der Waals surface area contributed by atoms with Crippen molar-refractivity contribution in [2.24, 2.45) is 0 Å². The summed E-state index contributed by atoms with van der Waals surface area (Å²) in [5.74, 6) is 1.16. The van der Waals surface area contributed by atoms with Gasteiger partial charge in [-0.15, -0.1) is 6.42 Å². The molecule has 0 spiro atoms. The van der Waals surface area contributed by atoms with E-state index in [-0.39, 0.29) is 38.5 Å². The van der Waals surface area contributed by atoms with E-state index >= 15 is 0 Å². The fraction of sp³-hybridized carbons (Fsp3) is 0.786. The van der Waals surface area contributed by atoms with Crippen LogP contribution in [0.2, 0.25) is 0 Å². The molecule has 0 bridgehead atoms. The molecule has 0 aliphatic rings. The summed E-state index contributed by atoms with van der Waals surface area (Å²) in [5.41, 5.74) is 0. The second kappa shape index (κ2) is 39.0. The zero-order valence-electron chi connectivity index (χ0n) is 22.9. The molecule has 0 aliphatic heterocycles. The van der Waals surface area contributed by atoms with Crippen LogP contribution in [0.1, 0.15) is 144 Å². The van der Waals surface area contributed by atoms with E-state index in [1.807, 2.05) is 0 Å². The minimum absolute atomic E-state index is 0. The van der Waals surface area contributed by atoms with E-state index in [0.29, 0.717) is 30.2 Å². The number of unbranched alkanes of at least 4 members (excludes halogenated alkanes) is 7. The molecule has 0 rings (SSSR count). The van der Waals surface area contributed by atoms with Crippen LogP contribution in [0.4, 0.5) is 0 Å². The molecule has 0 amide bonds. The Balaban J connectivity index is -0.000000106. The monoisotopic (exact) mass is 543 g/mol. The van der Waals surface area contributed by atoms with Crippen LogP contribution in [0.25, 0.3) is 0 Å². The maximum absolute atomic E-state index is 10.7. The second-order valence-electron chi connectivity index (χ2n) is 8.22. The van der Waals surface area contributed by atoms with E-state index in [9.17, 15) is 19.2 Å². The average molecular weight is 544 g/mol. The number of rotatable bonds is 16. The van der Waals surface area contributed by atoms with Gasteiger partial charge in [0.1, 0.15) is 23.1 Å². The molecule has 0 aromatic carbocycles. The summed E-state index contributed by atoms with van der Waals surface area (Å²) in [6, 6.07) is 0. The van der Waals surface area contributed by atoms with Gasteiger partial charge < -0.3 is 33.0 Å². The molecule has 0 aromatic heterocycles. The fourth-order valence-corrected chi connectivity index (χ4v) is 2.35. The molecular formula is C28H54O4Y-2. The van der Waals surface area contributed by atoms with Gasteiger partial charge >= 0.3 is 0 Å². The Labute approximate surface area is 232 Å². The summed E-state index contributed by atoms with van der Waals surface area (Å²) in [6.07, 6.45) is 15.8. The molecular weight excluding hydrogens is 489 g/mol. The molecule has 4 nitrogen and oxygen atoms in total. The largest absolute Gasteiger partial charge is 0.343 e. The Morgan fingerprint density at radius 3 is 1.12 bits per heavy atom. The molecule has 195 valence electrons. The summed E-state index contributed by atoms with van der Waals surface area (Å²) >= 11 is 0. The Kier molecular flexibility index (Phi) is 50.7. The van der Waals surface area contributed by atoms with Crippen molar-refractivity contribution in [1.29, 1.82) is 0 Å². The number of ketones is 4. The van der Waals surface area contributed by atoms with E-state index in [2.05, 4.69) is 34.6 Å². The third-order valence-corrected chi connectivity index (χ3v) is 4.38. The van der Waals surface area contributed by atoms with Crippen LogP contribution < -0.4 is 0 Å². The Morgan fingerprint density at radius 1 is 0.515 bits per heavy atom. The molecule has 0 atom stereocenters. The molecule has 0 aliphatic carbocycles. The molecule has 0 saturated carbocycles. The normalized spacial score (nSPS) is 8.97. The fourth-order valence-electron chi connectivity index (χ4n) is 2.35. The average Bonchev–Trinajstić information content (AvgIpc) is 2.73. The number of Topliss-reactive ketones (excluding diaryl/α,β-unsaturated/α-hetero) is 4. The van der Waals surface area contributed by atoms with Crippen LogP contribution >= 0.6 is 0 Å². The minimum Gasteiger partial charge on any atom is -0.343 e. The van der Waals surface area contributed by atoms with Gasteiger partial charge in [-0.25, -0.2) is 0 Å². The quantitative estimate of drug-likeness (QED) is 0.145. The van der Waals surface area contributed by atoms with Crippen molar-refractivity contribution in [3.8, 4) is 0 Å². The Bertz CT molecular complexity index is 434. The SMILES string of the molecule is CCCCC(C)=O.CCCCCCC(C)=O.[CH2-]CC(=O)CCCCCC.[CH2-]CCC(C)=O.[Y]. The van der Waals surface area contributed by atoms with Crippen molar-refractivity contribution in [2.45, 2.75) is 144 Å². The predicted octanol–water partition coefficient (Wildman–Crippen LogP) is 8.25. The van der Waals surface area contributed by atoms with Gasteiger partial charge in [0.2, 0.25) is 0 Å². The van der Waals surface area contributed by atoms with Gasteiger partial charge in [-0.2, -0.15) is 6.42 Å². The third kappa shape index (κ3) is 65.3. The zero-order chi connectivity index (χ0) is 25.6. The number of hydrogen-bond donors (Lipinski definition) is 0. The van der Waals surface area contributed by atoms with E-state index in [1.54, 1.807) is 20.8 Å². The van der Waals surface area contributed by atoms with Crippen LogP contribution in [-0.2, 0) is 51.9 Å². The second-order valence-corrected chi connectivity index (χ2v) is 8.22. The van der Waals surface area contributed by atoms with Crippen molar-refractivity contribution in [1.82, 2.24) is 0 Å². The van der Waals surface area contributed by atoms with Gasteiger partial charge in [0, 0.05) is 52.0 Å². The van der Waals surface area contributed by atoms with Crippen molar-refractivity contribution < 1.29 is 51.9 Å². The molecule has 0 heterocycles. The summed E-state index contributed by atoms with van der Waals surface area (Å²) in [5, 5.41) is 0. The van der Waals surface area contributed by atoms with Crippen molar-refractivity contribution in [2.75, 3.05) is 0 Å². The molecule has 1 radical (unpaired) electrons. The maximum Gasteiger partial charge on any atom is 0.129 e. The molecule has 0 N–H and O–H groups in total. The summed E-state index contributed by atoms with van der Waals surface area (Å²) in [4.78, 5) is 41.3. The third-order valence-electron chi connectivity index (χ3n) is 4.38. The summed E-state index contributed by atoms with van der Waals surface area (Å²) in [6.45, 7) is 18.3. The molecule has 5 heteroatoms. The number of carbonyl (C=O) groups excluding carboxylic acids is 4. The molecule has 0 unspecified atom stereocenters. The Morgan fingerprint density at radius 2 is 0.879 bits per heavy atom. The summed E-state index contributed by atoms with van der Waals surface area (Å²) in [7, 11) is 0. The van der Waals surface area contributed by atoms with E-state index in [1.165, 1.54) is 38.5 Å². The molecule has 0 fully saturated rings. The molecule has 0 saturated heterocycles. The van der Waals surface area contributed by atoms with Gasteiger partial charge in [0.15, 0.2) is 0 Å². The van der Waals surface area contributed by atoms with Gasteiger partial charge in [-0.05, 0) is 46.5 Å². The standard InChI is InChI=1S/C9H17O.C8H16O.C6H12O.C5H9O.Y/c1-3-5-6-7-8-9(10)4-2;1-3-4-5-6-7-8(2)9;1-3-4-5-6(2)7;1-3-4-5(2)6;/h2-8H2,1H3;3-7H2,1-2H3;3-5H2,1-2H3;1,3-4H2,2H3;/q-1;;;-1;. The van der Waals surface area contributed by atoms with Crippen LogP contribution in [0.15, 0.2) is 0 Å². The van der Waals surface area contributed by atoms with Crippen molar-refractivity contribution >= 4 is 23.1 Å². The summed E-state index contributed by atoms with van der Waals surface area (Å²) < 4.78 is 0. The first kappa shape index (κ1) is 42.9. The Hall–Kier alpha value is -0.216. The van der Waals surface area contributed by atoms with Gasteiger partial charge in [0.05, 0.1) is 0 Å². The first-order valence-corrected chi connectivity index (χ1v) is 12.7. The predicted molar refractivity (Wildman–Crippen MR) is 139 cm³/mol. The smallest absolute Gasteiger partial charge is 0.129 e. The van der Waals surface area contributed by atoms with Crippen LogP contribution in [0.5, 0.6) is 0 Å². The molecule has 0 aromatic rings. The minimum atomic E-state index is 0. The van der Waals surface area contributed by atoms with Gasteiger partial charge in [-0.1, -0.05) is 65.7 Å². The number of carbonyl (C=O) groups is 4. The van der Waals surface area contributed by atoms with E-state index in [4.69, 9.17) is 0 Å². The van der Waals surface area contributed by atoms with E-state index < -0.39 is 0 Å². The van der Waals surface area contributed by atoms with E-state index in [0.717, 1.165) is 51.4 Å². The first-order valence-electron chi connectivity index (χ1n) is 12.7. The van der Waals surface area contributed by atoms with Crippen molar-refractivity contribution in [3.63, 3.8) is 0 Å². The van der Waals surface area contributed by atoms with Gasteiger partial charge in [0.25, 0.3) is 0 Å². The van der Waals surface area contributed by atoms with Crippen molar-refractivity contribution in [3.05, 3.63) is 13.8 Å². The number of hydrogen-bond acceptors (Lipinski definition) is 4. The zero-order valence-corrected chi connectivity index (χ0v) is 25.8. The maximum atomic E-state index is 10.7. The topological polar surface area (TPSA) is 68.3 Å². The van der Waals surface area contributed by atoms with Crippen LogP contribution in [-0.4, -0.2) is 23.1 Å². The molecule has 33 heavy (non-hydrogen) atoms. The van der Waals surface area contributed by atoms with Crippen LogP contribution in [0.3, 0.4) is 0 Å².